The first-order chi connectivity index (χ1) is 13.2. The van der Waals surface area contributed by atoms with Crippen LogP contribution in [-0.4, -0.2) is 30.4 Å². The molecule has 0 saturated carbocycles. The maximum absolute atomic E-state index is 12.0. The van der Waals surface area contributed by atoms with Crippen molar-refractivity contribution in [3.05, 3.63) is 60.7 Å². The zero-order valence-electron chi connectivity index (χ0n) is 14.9. The highest BCUT2D eigenvalue weighted by Gasteiger charge is 2.08. The summed E-state index contributed by atoms with van der Waals surface area (Å²) >= 11 is 0. The Kier molecular flexibility index (Phi) is 5.68. The van der Waals surface area contributed by atoms with Crippen molar-refractivity contribution in [2.45, 2.75) is 0 Å². The molecule has 2 aromatic carbocycles. The molecule has 3 aromatic rings. The van der Waals surface area contributed by atoms with Crippen LogP contribution in [-0.2, 0) is 0 Å². The monoisotopic (exact) mass is 365 g/mol. The summed E-state index contributed by atoms with van der Waals surface area (Å²) in [5.41, 5.74) is 1.38. The number of carbonyl (C=O) groups is 1. The Morgan fingerprint density at radius 3 is 2.26 bits per heavy atom. The molecule has 3 N–H and O–H groups in total. The summed E-state index contributed by atoms with van der Waals surface area (Å²) in [4.78, 5) is 12.0. The Bertz CT molecular complexity index is 901. The van der Waals surface area contributed by atoms with Crippen molar-refractivity contribution in [3.63, 3.8) is 0 Å². The largest absolute Gasteiger partial charge is 0.497 e. The molecule has 1 aromatic heterocycles. The average molecular weight is 365 g/mol. The van der Waals surface area contributed by atoms with E-state index in [-0.39, 0.29) is 0 Å². The zero-order valence-corrected chi connectivity index (χ0v) is 14.9. The van der Waals surface area contributed by atoms with E-state index in [1.54, 1.807) is 56.7 Å². The minimum atomic E-state index is -0.398. The summed E-state index contributed by atoms with van der Waals surface area (Å²) in [5.74, 6) is 2.14. The van der Waals surface area contributed by atoms with E-state index in [1.165, 1.54) is 0 Å². The minimum absolute atomic E-state index is 0.326. The van der Waals surface area contributed by atoms with Crippen LogP contribution in [0.4, 0.5) is 27.8 Å². The van der Waals surface area contributed by atoms with Gasteiger partial charge in [0.2, 0.25) is 0 Å². The highest BCUT2D eigenvalue weighted by atomic mass is 16.5. The molecule has 0 saturated heterocycles. The van der Waals surface area contributed by atoms with Gasteiger partial charge >= 0.3 is 6.03 Å². The van der Waals surface area contributed by atoms with Crippen LogP contribution in [0.15, 0.2) is 60.7 Å². The summed E-state index contributed by atoms with van der Waals surface area (Å²) < 4.78 is 10.5. The number of benzene rings is 2. The number of hydrogen-bond donors (Lipinski definition) is 3. The molecule has 0 aliphatic heterocycles. The molecule has 0 radical (unpaired) electrons. The summed E-state index contributed by atoms with van der Waals surface area (Å²) in [7, 11) is 3.17. The molecule has 0 aliphatic rings. The van der Waals surface area contributed by atoms with Gasteiger partial charge in [-0.25, -0.2) is 4.79 Å². The lowest BCUT2D eigenvalue weighted by Gasteiger charge is -2.12. The number of nitrogens with zero attached hydrogens (tertiary/aromatic N) is 2. The summed E-state index contributed by atoms with van der Waals surface area (Å²) in [6, 6.07) is 17.5. The number of urea groups is 1. The van der Waals surface area contributed by atoms with Crippen LogP contribution >= 0.6 is 0 Å². The molecule has 1 heterocycles. The fraction of sp³-hybridized carbons (Fsp3) is 0.105. The lowest BCUT2D eigenvalue weighted by Crippen LogP contribution is -2.20. The van der Waals surface area contributed by atoms with E-state index >= 15 is 0 Å². The van der Waals surface area contributed by atoms with Gasteiger partial charge in [-0.15, -0.1) is 10.2 Å². The first-order valence-electron chi connectivity index (χ1n) is 8.14. The number of para-hydroxylation sites is 1. The van der Waals surface area contributed by atoms with Crippen molar-refractivity contribution in [1.82, 2.24) is 10.2 Å². The highest BCUT2D eigenvalue weighted by Crippen LogP contribution is 2.30. The predicted octanol–water partition coefficient (Wildman–Crippen LogP) is 3.88. The molecular weight excluding hydrogens is 346 g/mol. The van der Waals surface area contributed by atoms with Gasteiger partial charge in [0.05, 0.1) is 19.9 Å². The summed E-state index contributed by atoms with van der Waals surface area (Å²) in [6.45, 7) is 0. The van der Waals surface area contributed by atoms with Gasteiger partial charge in [-0.3, -0.25) is 5.32 Å². The van der Waals surface area contributed by atoms with Crippen molar-refractivity contribution in [1.29, 1.82) is 0 Å². The second kappa shape index (κ2) is 8.52. The molecule has 8 heteroatoms. The van der Waals surface area contributed by atoms with E-state index in [9.17, 15) is 4.79 Å². The number of hydrogen-bond acceptors (Lipinski definition) is 6. The quantitative estimate of drug-likeness (QED) is 0.613. The van der Waals surface area contributed by atoms with E-state index in [1.807, 2.05) is 18.2 Å². The van der Waals surface area contributed by atoms with E-state index in [2.05, 4.69) is 26.1 Å². The van der Waals surface area contributed by atoms with Gasteiger partial charge in [-0.05, 0) is 36.4 Å². The Labute approximate surface area is 156 Å². The van der Waals surface area contributed by atoms with Gasteiger partial charge in [0.25, 0.3) is 0 Å². The number of methoxy groups -OCH3 is 2. The first-order valence-corrected chi connectivity index (χ1v) is 8.14. The van der Waals surface area contributed by atoms with Gasteiger partial charge < -0.3 is 20.1 Å². The van der Waals surface area contributed by atoms with E-state index < -0.39 is 6.03 Å². The van der Waals surface area contributed by atoms with Gasteiger partial charge in [-0.1, -0.05) is 18.2 Å². The van der Waals surface area contributed by atoms with Crippen LogP contribution in [0.3, 0.4) is 0 Å². The smallest absolute Gasteiger partial charge is 0.324 e. The number of anilines is 4. The Hall–Kier alpha value is -3.81. The molecule has 0 spiro atoms. The Morgan fingerprint density at radius 2 is 1.59 bits per heavy atom. The lowest BCUT2D eigenvalue weighted by atomic mass is 10.2. The molecule has 0 aliphatic carbocycles. The van der Waals surface area contributed by atoms with Gasteiger partial charge in [0, 0.05) is 11.8 Å². The van der Waals surface area contributed by atoms with Crippen molar-refractivity contribution < 1.29 is 14.3 Å². The number of amides is 2. The molecule has 8 nitrogen and oxygen atoms in total. The molecule has 0 atom stereocenters. The molecule has 0 fully saturated rings. The second-order valence-electron chi connectivity index (χ2n) is 5.44. The minimum Gasteiger partial charge on any atom is -0.497 e. The molecule has 27 heavy (non-hydrogen) atoms. The third kappa shape index (κ3) is 4.85. The van der Waals surface area contributed by atoms with Crippen molar-refractivity contribution >= 4 is 29.0 Å². The van der Waals surface area contributed by atoms with Crippen molar-refractivity contribution in [2.24, 2.45) is 0 Å². The third-order valence-electron chi connectivity index (χ3n) is 3.61. The van der Waals surface area contributed by atoms with Crippen LogP contribution in [0.2, 0.25) is 0 Å². The fourth-order valence-electron chi connectivity index (χ4n) is 2.32. The number of rotatable bonds is 6. The maximum atomic E-state index is 12.0. The molecule has 0 unspecified atom stereocenters. The van der Waals surface area contributed by atoms with E-state index in [0.29, 0.717) is 34.5 Å². The summed E-state index contributed by atoms with van der Waals surface area (Å²) in [5, 5.41) is 16.5. The van der Waals surface area contributed by atoms with Gasteiger partial charge in [0.1, 0.15) is 11.5 Å². The highest BCUT2D eigenvalue weighted by molar-refractivity contribution is 5.99. The maximum Gasteiger partial charge on any atom is 0.324 e. The lowest BCUT2D eigenvalue weighted by molar-refractivity contribution is 0.262. The number of aromatic nitrogens is 2. The number of carbonyl (C=O) groups excluding carboxylic acids is 1. The van der Waals surface area contributed by atoms with E-state index in [4.69, 9.17) is 9.47 Å². The molecular formula is C19H19N5O3. The topological polar surface area (TPSA) is 97.4 Å². The standard InChI is InChI=1S/C19H19N5O3/c1-26-14-8-9-16(27-2)15(12-14)21-17-10-11-18(24-23-17)22-19(25)20-13-6-4-3-5-7-13/h3-12H,1-2H3,(H,21,23)(H2,20,22,24,25). The SMILES string of the molecule is COc1ccc(OC)c(Nc2ccc(NC(=O)Nc3ccccc3)nn2)c1. The Morgan fingerprint density at radius 1 is 0.852 bits per heavy atom. The first kappa shape index (κ1) is 18.0. The van der Waals surface area contributed by atoms with Crippen LogP contribution < -0.4 is 25.4 Å². The van der Waals surface area contributed by atoms with Gasteiger partial charge in [-0.2, -0.15) is 0 Å². The molecule has 3 rings (SSSR count). The number of nitrogens with one attached hydrogen (secondary N) is 3. The normalized spacial score (nSPS) is 10.0. The fourth-order valence-corrected chi connectivity index (χ4v) is 2.32. The number of ether oxygens (including phenoxy) is 2. The molecule has 138 valence electrons. The van der Waals surface area contributed by atoms with Crippen molar-refractivity contribution in [2.75, 3.05) is 30.2 Å². The second-order valence-corrected chi connectivity index (χ2v) is 5.44. The summed E-state index contributed by atoms with van der Waals surface area (Å²) in [6.07, 6.45) is 0. The van der Waals surface area contributed by atoms with Crippen LogP contribution in [0, 0.1) is 0 Å². The van der Waals surface area contributed by atoms with Crippen LogP contribution in [0.25, 0.3) is 0 Å². The molecule has 0 bridgehead atoms. The van der Waals surface area contributed by atoms with Gasteiger partial charge in [0.15, 0.2) is 11.6 Å². The van der Waals surface area contributed by atoms with Crippen molar-refractivity contribution in [3.8, 4) is 11.5 Å². The predicted molar refractivity (Wildman–Crippen MR) is 104 cm³/mol. The third-order valence-corrected chi connectivity index (χ3v) is 3.61. The average Bonchev–Trinajstić information content (AvgIpc) is 2.70. The Balaban J connectivity index is 1.64. The van der Waals surface area contributed by atoms with Crippen LogP contribution in [0.5, 0.6) is 11.5 Å². The molecule has 2 amide bonds. The zero-order chi connectivity index (χ0) is 19.1. The van der Waals surface area contributed by atoms with Crippen LogP contribution in [0.1, 0.15) is 0 Å². The van der Waals surface area contributed by atoms with E-state index in [0.717, 1.165) is 0 Å².